The number of halogens is 1. The Kier molecular flexibility index (Phi) is 4.70. The van der Waals surface area contributed by atoms with Gasteiger partial charge in [0.05, 0.1) is 11.7 Å². The lowest BCUT2D eigenvalue weighted by molar-refractivity contribution is 0.0136. The van der Waals surface area contributed by atoms with Gasteiger partial charge in [-0.2, -0.15) is 0 Å². The van der Waals surface area contributed by atoms with Gasteiger partial charge < -0.3 is 10.1 Å². The minimum absolute atomic E-state index is 0.0584. The van der Waals surface area contributed by atoms with Crippen molar-refractivity contribution < 1.29 is 9.53 Å². The Morgan fingerprint density at radius 1 is 1.56 bits per heavy atom. The maximum atomic E-state index is 12.2. The predicted molar refractivity (Wildman–Crippen MR) is 77.3 cm³/mol. The molecule has 0 radical (unpaired) electrons. The molecule has 1 aromatic rings. The van der Waals surface area contributed by atoms with Gasteiger partial charge in [0.15, 0.2) is 0 Å². The first kappa shape index (κ1) is 13.9. The lowest BCUT2D eigenvalue weighted by Crippen LogP contribution is -2.41. The number of hydrogen-bond acceptors (Lipinski definition) is 3. The summed E-state index contributed by atoms with van der Waals surface area (Å²) in [6.07, 6.45) is 1.95. The SMILES string of the molecule is CC1CC(NC(=O)c2cc(S)ccc2Br)CCO1. The number of carbonyl (C=O) groups excluding carboxylic acids is 1. The quantitative estimate of drug-likeness (QED) is 0.818. The zero-order valence-corrected chi connectivity index (χ0v) is 12.6. The zero-order chi connectivity index (χ0) is 13.1. The molecule has 1 amide bonds. The molecule has 1 aliphatic heterocycles. The maximum Gasteiger partial charge on any atom is 0.252 e. The lowest BCUT2D eigenvalue weighted by atomic mass is 10.0. The van der Waals surface area contributed by atoms with Crippen LogP contribution in [0.3, 0.4) is 0 Å². The summed E-state index contributed by atoms with van der Waals surface area (Å²) in [5, 5.41) is 3.05. The Hall–Kier alpha value is -0.520. The van der Waals surface area contributed by atoms with Crippen LogP contribution in [0.2, 0.25) is 0 Å². The average Bonchev–Trinajstić information content (AvgIpc) is 2.32. The lowest BCUT2D eigenvalue weighted by Gasteiger charge is -2.28. The van der Waals surface area contributed by atoms with Gasteiger partial charge in [-0.3, -0.25) is 4.79 Å². The first-order valence-electron chi connectivity index (χ1n) is 5.97. The molecule has 2 unspecified atom stereocenters. The van der Waals surface area contributed by atoms with Crippen molar-refractivity contribution in [1.29, 1.82) is 0 Å². The molecule has 98 valence electrons. The zero-order valence-electron chi connectivity index (χ0n) is 10.1. The summed E-state index contributed by atoms with van der Waals surface area (Å²) in [4.78, 5) is 13.0. The van der Waals surface area contributed by atoms with Gasteiger partial charge in [0.25, 0.3) is 5.91 Å². The van der Waals surface area contributed by atoms with Gasteiger partial charge in [-0.15, -0.1) is 12.6 Å². The second-order valence-electron chi connectivity index (χ2n) is 4.54. The molecule has 0 spiro atoms. The molecule has 1 N–H and O–H groups in total. The molecule has 2 rings (SSSR count). The molecule has 0 bridgehead atoms. The second-order valence-corrected chi connectivity index (χ2v) is 5.91. The van der Waals surface area contributed by atoms with Crippen LogP contribution in [0.15, 0.2) is 27.6 Å². The Balaban J connectivity index is 2.05. The first-order valence-corrected chi connectivity index (χ1v) is 7.21. The van der Waals surface area contributed by atoms with Crippen molar-refractivity contribution in [2.45, 2.75) is 36.8 Å². The Morgan fingerprint density at radius 3 is 3.06 bits per heavy atom. The molecule has 1 aliphatic rings. The molecule has 1 saturated heterocycles. The summed E-state index contributed by atoms with van der Waals surface area (Å²) in [5.74, 6) is -0.0584. The van der Waals surface area contributed by atoms with Crippen LogP contribution < -0.4 is 5.32 Å². The fourth-order valence-corrected chi connectivity index (χ4v) is 2.71. The topological polar surface area (TPSA) is 38.3 Å². The molecular formula is C13H16BrNO2S. The largest absolute Gasteiger partial charge is 0.378 e. The van der Waals surface area contributed by atoms with Crippen molar-refractivity contribution in [3.05, 3.63) is 28.2 Å². The fraction of sp³-hybridized carbons (Fsp3) is 0.462. The number of ether oxygens (including phenoxy) is 1. The normalized spacial score (nSPS) is 23.7. The van der Waals surface area contributed by atoms with Crippen LogP contribution in [0.5, 0.6) is 0 Å². The van der Waals surface area contributed by atoms with Crippen LogP contribution in [0.4, 0.5) is 0 Å². The average molecular weight is 330 g/mol. The molecule has 0 aromatic heterocycles. The van der Waals surface area contributed by atoms with E-state index in [0.29, 0.717) is 12.2 Å². The van der Waals surface area contributed by atoms with E-state index in [1.54, 1.807) is 6.07 Å². The van der Waals surface area contributed by atoms with Crippen LogP contribution in [-0.4, -0.2) is 24.7 Å². The summed E-state index contributed by atoms with van der Waals surface area (Å²) >= 11 is 7.64. The highest BCUT2D eigenvalue weighted by Gasteiger charge is 2.22. The highest BCUT2D eigenvalue weighted by atomic mass is 79.9. The number of carbonyl (C=O) groups is 1. The summed E-state index contributed by atoms with van der Waals surface area (Å²) in [6, 6.07) is 5.65. The first-order chi connectivity index (χ1) is 8.56. The highest BCUT2D eigenvalue weighted by molar-refractivity contribution is 9.10. The second kappa shape index (κ2) is 6.08. The van der Waals surface area contributed by atoms with E-state index in [4.69, 9.17) is 4.74 Å². The van der Waals surface area contributed by atoms with Crippen molar-refractivity contribution in [2.24, 2.45) is 0 Å². The molecule has 18 heavy (non-hydrogen) atoms. The van der Waals surface area contributed by atoms with Crippen molar-refractivity contribution >= 4 is 34.5 Å². The standard InChI is InChI=1S/C13H16BrNO2S/c1-8-6-9(4-5-17-8)15-13(16)11-7-10(18)2-3-12(11)14/h2-3,7-9,18H,4-6H2,1H3,(H,15,16). The third-order valence-corrected chi connectivity index (χ3v) is 3.98. The van der Waals surface area contributed by atoms with Gasteiger partial charge in [-0.25, -0.2) is 0 Å². The van der Waals surface area contributed by atoms with Crippen LogP contribution in [0.25, 0.3) is 0 Å². The third kappa shape index (κ3) is 3.49. The van der Waals surface area contributed by atoms with E-state index in [9.17, 15) is 4.79 Å². The highest BCUT2D eigenvalue weighted by Crippen LogP contribution is 2.21. The number of hydrogen-bond donors (Lipinski definition) is 2. The van der Waals surface area contributed by atoms with E-state index in [0.717, 1.165) is 22.2 Å². The van der Waals surface area contributed by atoms with Crippen molar-refractivity contribution in [1.82, 2.24) is 5.32 Å². The van der Waals surface area contributed by atoms with Crippen LogP contribution in [0, 0.1) is 0 Å². The minimum Gasteiger partial charge on any atom is -0.378 e. The number of nitrogens with one attached hydrogen (secondary N) is 1. The van der Waals surface area contributed by atoms with Crippen LogP contribution in [-0.2, 0) is 4.74 Å². The number of rotatable bonds is 2. The molecule has 3 nitrogen and oxygen atoms in total. The number of thiol groups is 1. The number of benzene rings is 1. The number of amides is 1. The van der Waals surface area contributed by atoms with E-state index in [1.165, 1.54) is 0 Å². The van der Waals surface area contributed by atoms with Gasteiger partial charge in [0.1, 0.15) is 0 Å². The van der Waals surface area contributed by atoms with E-state index in [-0.39, 0.29) is 18.1 Å². The molecule has 1 aromatic carbocycles. The van der Waals surface area contributed by atoms with Gasteiger partial charge in [0.2, 0.25) is 0 Å². The van der Waals surface area contributed by atoms with E-state index in [1.807, 2.05) is 19.1 Å². The van der Waals surface area contributed by atoms with E-state index in [2.05, 4.69) is 33.9 Å². The Bertz CT molecular complexity index is 453. The van der Waals surface area contributed by atoms with Gasteiger partial charge >= 0.3 is 0 Å². The minimum atomic E-state index is -0.0584. The van der Waals surface area contributed by atoms with Gasteiger partial charge in [0, 0.05) is 22.0 Å². The summed E-state index contributed by atoms with van der Waals surface area (Å²) in [6.45, 7) is 2.74. The third-order valence-electron chi connectivity index (χ3n) is 3.01. The van der Waals surface area contributed by atoms with Crippen molar-refractivity contribution in [3.63, 3.8) is 0 Å². The fourth-order valence-electron chi connectivity index (χ4n) is 2.08. The van der Waals surface area contributed by atoms with Gasteiger partial charge in [-0.05, 0) is 53.9 Å². The summed E-state index contributed by atoms with van der Waals surface area (Å²) in [5.41, 5.74) is 0.627. The maximum absolute atomic E-state index is 12.2. The molecule has 1 heterocycles. The van der Waals surface area contributed by atoms with E-state index < -0.39 is 0 Å². The molecule has 1 fully saturated rings. The molecule has 0 saturated carbocycles. The van der Waals surface area contributed by atoms with Gasteiger partial charge in [-0.1, -0.05) is 0 Å². The molecule has 2 atom stereocenters. The Morgan fingerprint density at radius 2 is 2.33 bits per heavy atom. The predicted octanol–water partition coefficient (Wildman–Crippen LogP) is 3.04. The molecule has 0 aliphatic carbocycles. The van der Waals surface area contributed by atoms with Crippen LogP contribution in [0.1, 0.15) is 30.1 Å². The monoisotopic (exact) mass is 329 g/mol. The molecule has 5 heteroatoms. The van der Waals surface area contributed by atoms with Crippen molar-refractivity contribution in [2.75, 3.05) is 6.61 Å². The summed E-state index contributed by atoms with van der Waals surface area (Å²) < 4.78 is 6.26. The van der Waals surface area contributed by atoms with Crippen molar-refractivity contribution in [3.8, 4) is 0 Å². The summed E-state index contributed by atoms with van der Waals surface area (Å²) in [7, 11) is 0. The Labute approximate surface area is 121 Å². The molecular weight excluding hydrogens is 314 g/mol. The van der Waals surface area contributed by atoms with E-state index >= 15 is 0 Å². The van der Waals surface area contributed by atoms with Crippen LogP contribution >= 0.6 is 28.6 Å². The smallest absolute Gasteiger partial charge is 0.252 e.